The monoisotopic (exact) mass is 331 g/mol. The molecule has 0 aliphatic carbocycles. The van der Waals surface area contributed by atoms with E-state index in [-0.39, 0.29) is 5.48 Å². The third-order valence-corrected chi connectivity index (χ3v) is 4.52. The highest BCUT2D eigenvalue weighted by Crippen LogP contribution is 2.20. The number of carboxylic acids is 1. The molecule has 140 valence electrons. The van der Waals surface area contributed by atoms with E-state index in [9.17, 15) is 9.90 Å². The smallest absolute Gasteiger partial charge is 0.314 e. The fourth-order valence-corrected chi connectivity index (χ4v) is 3.24. The van der Waals surface area contributed by atoms with Gasteiger partial charge in [0.25, 0.3) is 0 Å². The van der Waals surface area contributed by atoms with Gasteiger partial charge in [0, 0.05) is 0 Å². The largest absolute Gasteiger partial charge is 0.870 e. The highest BCUT2D eigenvalue weighted by atomic mass is 16.4. The Bertz CT molecular complexity index is 301. The summed E-state index contributed by atoms with van der Waals surface area (Å²) >= 11 is 0. The van der Waals surface area contributed by atoms with Crippen molar-refractivity contribution in [1.29, 1.82) is 0 Å². The maximum atomic E-state index is 11.2. The molecule has 0 radical (unpaired) electrons. The number of hydrogen-bond acceptors (Lipinski definition) is 2. The molecule has 0 heterocycles. The van der Waals surface area contributed by atoms with Gasteiger partial charge in [-0.3, -0.25) is 4.79 Å². The molecule has 0 amide bonds. The maximum absolute atomic E-state index is 11.2. The van der Waals surface area contributed by atoms with Crippen molar-refractivity contribution < 1.29 is 19.9 Å². The minimum Gasteiger partial charge on any atom is -0.870 e. The number of carboxylic acid groups (broad SMARTS) is 1. The van der Waals surface area contributed by atoms with Crippen LogP contribution in [0.5, 0.6) is 0 Å². The summed E-state index contributed by atoms with van der Waals surface area (Å²) in [4.78, 5) is 11.2. The standard InChI is InChI=1S/C19H39NO2.H2O/c1-6-7-8-9-10-11-12-13-14-15-16-20(4,5)17-19(2,3)18(21)22;/h6-17H2,1-5H3;1H2. The molecule has 4 nitrogen and oxygen atoms in total. The third-order valence-electron chi connectivity index (χ3n) is 4.52. The molecule has 4 heteroatoms. The highest BCUT2D eigenvalue weighted by molar-refractivity contribution is 5.73. The number of nitrogens with zero attached hydrogens (tertiary/aromatic N) is 1. The summed E-state index contributed by atoms with van der Waals surface area (Å²) in [5, 5.41) is 9.24. The van der Waals surface area contributed by atoms with E-state index in [4.69, 9.17) is 0 Å². The Hall–Kier alpha value is -0.610. The number of quaternary nitrogens is 1. The molecule has 0 aromatic heterocycles. The van der Waals surface area contributed by atoms with Crippen molar-refractivity contribution in [1.82, 2.24) is 0 Å². The molecular weight excluding hydrogens is 290 g/mol. The molecule has 23 heavy (non-hydrogen) atoms. The molecule has 0 rings (SSSR count). The third kappa shape index (κ3) is 13.5. The molecule has 0 fully saturated rings. The summed E-state index contributed by atoms with van der Waals surface area (Å²) in [6.07, 6.45) is 13.5. The van der Waals surface area contributed by atoms with Crippen LogP contribution in [-0.4, -0.2) is 48.2 Å². The number of rotatable bonds is 14. The molecule has 0 saturated carbocycles. The second-order valence-corrected chi connectivity index (χ2v) is 8.19. The van der Waals surface area contributed by atoms with Crippen LogP contribution >= 0.6 is 0 Å². The first-order valence-electron chi connectivity index (χ1n) is 9.27. The molecular formula is C19H41NO3. The minimum absolute atomic E-state index is 0. The van der Waals surface area contributed by atoms with Crippen molar-refractivity contribution in [2.24, 2.45) is 5.41 Å². The lowest BCUT2D eigenvalue weighted by molar-refractivity contribution is -0.895. The summed E-state index contributed by atoms with van der Waals surface area (Å²) in [7, 11) is 4.30. The Balaban J connectivity index is 0. The SMILES string of the molecule is CCCCCCCCCCCC[N+](C)(C)CC(C)(C)C(=O)O.[OH-]. The Morgan fingerprint density at radius 2 is 1.26 bits per heavy atom. The van der Waals surface area contributed by atoms with Crippen LogP contribution in [0.15, 0.2) is 0 Å². The van der Waals surface area contributed by atoms with Gasteiger partial charge >= 0.3 is 5.97 Å². The molecule has 0 saturated heterocycles. The lowest BCUT2D eigenvalue weighted by atomic mass is 9.92. The van der Waals surface area contributed by atoms with Crippen molar-refractivity contribution in [3.05, 3.63) is 0 Å². The minimum atomic E-state index is -0.693. The zero-order valence-electron chi connectivity index (χ0n) is 16.2. The summed E-state index contributed by atoms with van der Waals surface area (Å²) in [5.74, 6) is -0.693. The van der Waals surface area contributed by atoms with Gasteiger partial charge in [-0.2, -0.15) is 0 Å². The molecule has 0 atom stereocenters. The van der Waals surface area contributed by atoms with Gasteiger partial charge in [0.05, 0.1) is 27.2 Å². The lowest BCUT2D eigenvalue weighted by Crippen LogP contribution is -2.49. The highest BCUT2D eigenvalue weighted by Gasteiger charge is 2.34. The number of hydrogen-bond donors (Lipinski definition) is 1. The van der Waals surface area contributed by atoms with Crippen LogP contribution in [0.3, 0.4) is 0 Å². The van der Waals surface area contributed by atoms with E-state index in [2.05, 4.69) is 21.0 Å². The summed E-state index contributed by atoms with van der Waals surface area (Å²) in [6, 6.07) is 0. The summed E-state index contributed by atoms with van der Waals surface area (Å²) < 4.78 is 0.802. The molecule has 0 aliphatic rings. The molecule has 0 unspecified atom stereocenters. The van der Waals surface area contributed by atoms with Crippen LogP contribution in [0.1, 0.15) is 85.0 Å². The molecule has 0 aromatic rings. The Morgan fingerprint density at radius 1 is 0.870 bits per heavy atom. The van der Waals surface area contributed by atoms with Gasteiger partial charge in [-0.05, 0) is 26.7 Å². The van der Waals surface area contributed by atoms with Crippen molar-refractivity contribution in [3.8, 4) is 0 Å². The van der Waals surface area contributed by atoms with Gasteiger partial charge in [-0.15, -0.1) is 0 Å². The van der Waals surface area contributed by atoms with Crippen LogP contribution in [0, 0.1) is 5.41 Å². The van der Waals surface area contributed by atoms with Crippen molar-refractivity contribution in [2.45, 2.75) is 85.0 Å². The first-order valence-corrected chi connectivity index (χ1v) is 9.27. The van der Waals surface area contributed by atoms with Gasteiger partial charge in [0.2, 0.25) is 0 Å². The van der Waals surface area contributed by atoms with E-state index in [0.29, 0.717) is 6.54 Å². The predicted molar refractivity (Wildman–Crippen MR) is 97.0 cm³/mol. The van der Waals surface area contributed by atoms with E-state index in [1.807, 2.05) is 13.8 Å². The predicted octanol–water partition coefficient (Wildman–Crippen LogP) is 4.92. The maximum Gasteiger partial charge on any atom is 0.314 e. The summed E-state index contributed by atoms with van der Waals surface area (Å²) in [6.45, 7) is 7.69. The van der Waals surface area contributed by atoms with E-state index >= 15 is 0 Å². The van der Waals surface area contributed by atoms with E-state index < -0.39 is 11.4 Å². The molecule has 0 spiro atoms. The first-order chi connectivity index (χ1) is 10.2. The van der Waals surface area contributed by atoms with E-state index in [1.54, 1.807) is 0 Å². The van der Waals surface area contributed by atoms with E-state index in [0.717, 1.165) is 11.0 Å². The second kappa shape index (κ2) is 12.8. The fourth-order valence-electron chi connectivity index (χ4n) is 3.24. The van der Waals surface area contributed by atoms with Gasteiger partial charge in [-0.25, -0.2) is 0 Å². The van der Waals surface area contributed by atoms with Crippen molar-refractivity contribution in [3.63, 3.8) is 0 Å². The van der Waals surface area contributed by atoms with Gasteiger partial charge < -0.3 is 15.1 Å². The van der Waals surface area contributed by atoms with Gasteiger partial charge in [0.1, 0.15) is 5.41 Å². The number of aliphatic carboxylic acids is 1. The van der Waals surface area contributed by atoms with Crippen molar-refractivity contribution >= 4 is 5.97 Å². The van der Waals surface area contributed by atoms with E-state index in [1.165, 1.54) is 64.2 Å². The topological polar surface area (TPSA) is 67.3 Å². The molecule has 0 bridgehead atoms. The number of carbonyl (C=O) groups is 1. The normalized spacial score (nSPS) is 12.0. The lowest BCUT2D eigenvalue weighted by Gasteiger charge is -2.35. The quantitative estimate of drug-likeness (QED) is 0.363. The molecule has 2 N–H and O–H groups in total. The second-order valence-electron chi connectivity index (χ2n) is 8.19. The molecule has 0 aromatic carbocycles. The van der Waals surface area contributed by atoms with Crippen LogP contribution in [-0.2, 0) is 4.79 Å². The Kier molecular flexibility index (Phi) is 13.7. The fraction of sp³-hybridized carbons (Fsp3) is 0.947. The zero-order valence-corrected chi connectivity index (χ0v) is 16.2. The van der Waals surface area contributed by atoms with Crippen LogP contribution in [0.4, 0.5) is 0 Å². The van der Waals surface area contributed by atoms with Crippen molar-refractivity contribution in [2.75, 3.05) is 27.2 Å². The first kappa shape index (κ1) is 24.6. The molecule has 0 aliphatic heterocycles. The Morgan fingerprint density at radius 3 is 1.65 bits per heavy atom. The van der Waals surface area contributed by atoms with Gasteiger partial charge in [-0.1, -0.05) is 58.3 Å². The number of unbranched alkanes of at least 4 members (excludes halogenated alkanes) is 9. The van der Waals surface area contributed by atoms with Crippen LogP contribution < -0.4 is 0 Å². The summed E-state index contributed by atoms with van der Waals surface area (Å²) in [5.41, 5.74) is -0.637. The van der Waals surface area contributed by atoms with Gasteiger partial charge in [0.15, 0.2) is 0 Å². The van der Waals surface area contributed by atoms with Crippen LogP contribution in [0.2, 0.25) is 0 Å². The van der Waals surface area contributed by atoms with Crippen LogP contribution in [0.25, 0.3) is 0 Å². The average Bonchev–Trinajstić information content (AvgIpc) is 2.39. The Labute approximate surface area is 144 Å². The average molecular weight is 332 g/mol. The zero-order chi connectivity index (χ0) is 17.1.